The van der Waals surface area contributed by atoms with Gasteiger partial charge in [0, 0.05) is 6.04 Å². The number of benzene rings is 1. The number of aryl methyl sites for hydroxylation is 1. The van der Waals surface area contributed by atoms with Gasteiger partial charge in [0.15, 0.2) is 0 Å². The number of carbonyl (C=O) groups is 1. The summed E-state index contributed by atoms with van der Waals surface area (Å²) in [5, 5.41) is 2.93. The smallest absolute Gasteiger partial charge is 0.410 e. The van der Waals surface area contributed by atoms with Crippen LogP contribution < -0.4 is 10.1 Å². The number of nitrogens with one attached hydrogen (secondary N) is 1. The highest BCUT2D eigenvalue weighted by atomic mass is 16.6. The third-order valence-corrected chi connectivity index (χ3v) is 3.13. The molecule has 0 saturated heterocycles. The van der Waals surface area contributed by atoms with E-state index in [1.807, 2.05) is 25.1 Å². The summed E-state index contributed by atoms with van der Waals surface area (Å²) in [6, 6.07) is 7.82. The zero-order valence-corrected chi connectivity index (χ0v) is 10.2. The topological polar surface area (TPSA) is 38.3 Å². The van der Waals surface area contributed by atoms with Crippen LogP contribution in [0.1, 0.15) is 37.7 Å². The van der Waals surface area contributed by atoms with Crippen LogP contribution in [0.15, 0.2) is 24.3 Å². The molecule has 1 aromatic carbocycles. The second-order valence-electron chi connectivity index (χ2n) is 4.69. The Bertz CT molecular complexity index is 384. The van der Waals surface area contributed by atoms with Crippen molar-refractivity contribution in [2.24, 2.45) is 0 Å². The average molecular weight is 233 g/mol. The zero-order valence-electron chi connectivity index (χ0n) is 10.2. The van der Waals surface area contributed by atoms with Crippen LogP contribution in [0.3, 0.4) is 0 Å². The minimum Gasteiger partial charge on any atom is -0.410 e. The molecular formula is C14H19NO2. The molecule has 0 radical (unpaired) electrons. The SMILES string of the molecule is Cc1cccc(OC(=O)NC2CCCCC2)c1. The summed E-state index contributed by atoms with van der Waals surface area (Å²) in [6.07, 6.45) is 5.50. The molecule has 0 heterocycles. The van der Waals surface area contributed by atoms with Crippen molar-refractivity contribution in [1.82, 2.24) is 5.32 Å². The van der Waals surface area contributed by atoms with Crippen LogP contribution in [0.5, 0.6) is 5.75 Å². The van der Waals surface area contributed by atoms with E-state index in [9.17, 15) is 4.79 Å². The molecule has 0 spiro atoms. The summed E-state index contributed by atoms with van der Waals surface area (Å²) in [6.45, 7) is 1.98. The van der Waals surface area contributed by atoms with Gasteiger partial charge in [-0.25, -0.2) is 4.79 Å². The number of carbonyl (C=O) groups excluding carboxylic acids is 1. The average Bonchev–Trinajstić information content (AvgIpc) is 2.30. The number of ether oxygens (including phenoxy) is 1. The van der Waals surface area contributed by atoms with Gasteiger partial charge in [0.25, 0.3) is 0 Å². The van der Waals surface area contributed by atoms with Crippen molar-refractivity contribution >= 4 is 6.09 Å². The maximum atomic E-state index is 11.7. The van der Waals surface area contributed by atoms with E-state index in [-0.39, 0.29) is 6.09 Å². The third-order valence-electron chi connectivity index (χ3n) is 3.13. The number of amides is 1. The van der Waals surface area contributed by atoms with Crippen molar-refractivity contribution in [2.45, 2.75) is 45.1 Å². The van der Waals surface area contributed by atoms with Crippen molar-refractivity contribution in [3.05, 3.63) is 29.8 Å². The summed E-state index contributed by atoms with van der Waals surface area (Å²) in [4.78, 5) is 11.7. The van der Waals surface area contributed by atoms with E-state index in [1.54, 1.807) is 6.07 Å². The molecule has 0 unspecified atom stereocenters. The largest absolute Gasteiger partial charge is 0.412 e. The molecule has 1 saturated carbocycles. The fourth-order valence-corrected chi connectivity index (χ4v) is 2.23. The predicted octanol–water partition coefficient (Wildman–Crippen LogP) is 3.42. The first-order valence-corrected chi connectivity index (χ1v) is 6.29. The Balaban J connectivity index is 1.84. The summed E-state index contributed by atoms with van der Waals surface area (Å²) >= 11 is 0. The highest BCUT2D eigenvalue weighted by Crippen LogP contribution is 2.18. The van der Waals surface area contributed by atoms with Gasteiger partial charge >= 0.3 is 6.09 Å². The molecule has 1 N–H and O–H groups in total. The molecular weight excluding hydrogens is 214 g/mol. The van der Waals surface area contributed by atoms with E-state index in [1.165, 1.54) is 19.3 Å². The lowest BCUT2D eigenvalue weighted by Gasteiger charge is -2.22. The molecule has 0 aliphatic heterocycles. The lowest BCUT2D eigenvalue weighted by Crippen LogP contribution is -2.37. The van der Waals surface area contributed by atoms with E-state index >= 15 is 0 Å². The Kier molecular flexibility index (Phi) is 4.02. The first-order chi connectivity index (χ1) is 8.24. The Hall–Kier alpha value is -1.51. The van der Waals surface area contributed by atoms with Crippen molar-refractivity contribution in [1.29, 1.82) is 0 Å². The first kappa shape index (κ1) is 12.0. The minimum atomic E-state index is -0.331. The summed E-state index contributed by atoms with van der Waals surface area (Å²) in [5.41, 5.74) is 1.09. The Labute approximate surface area is 102 Å². The van der Waals surface area contributed by atoms with Crippen LogP contribution in [-0.4, -0.2) is 12.1 Å². The minimum absolute atomic E-state index is 0.293. The molecule has 92 valence electrons. The highest BCUT2D eigenvalue weighted by Gasteiger charge is 2.16. The van der Waals surface area contributed by atoms with Crippen LogP contribution in [0.4, 0.5) is 4.79 Å². The maximum absolute atomic E-state index is 11.7. The summed E-state index contributed by atoms with van der Waals surface area (Å²) < 4.78 is 5.25. The van der Waals surface area contributed by atoms with Gasteiger partial charge in [0.2, 0.25) is 0 Å². The standard InChI is InChI=1S/C14H19NO2/c1-11-6-5-9-13(10-11)17-14(16)15-12-7-3-2-4-8-12/h5-6,9-10,12H,2-4,7-8H2,1H3,(H,15,16). The molecule has 1 aliphatic carbocycles. The third kappa shape index (κ3) is 3.77. The van der Waals surface area contributed by atoms with Crippen LogP contribution in [-0.2, 0) is 0 Å². The van der Waals surface area contributed by atoms with Gasteiger partial charge in [-0.15, -0.1) is 0 Å². The normalized spacial score (nSPS) is 16.5. The quantitative estimate of drug-likeness (QED) is 0.850. The molecule has 1 aromatic rings. The molecule has 17 heavy (non-hydrogen) atoms. The second-order valence-corrected chi connectivity index (χ2v) is 4.69. The Morgan fingerprint density at radius 2 is 2.06 bits per heavy atom. The maximum Gasteiger partial charge on any atom is 0.412 e. The molecule has 3 heteroatoms. The van der Waals surface area contributed by atoms with Crippen molar-refractivity contribution in [2.75, 3.05) is 0 Å². The Morgan fingerprint density at radius 1 is 1.29 bits per heavy atom. The van der Waals surface area contributed by atoms with Crippen LogP contribution in [0, 0.1) is 6.92 Å². The van der Waals surface area contributed by atoms with E-state index in [2.05, 4.69) is 5.32 Å². The van der Waals surface area contributed by atoms with Crippen molar-refractivity contribution < 1.29 is 9.53 Å². The van der Waals surface area contributed by atoms with Gasteiger partial charge < -0.3 is 10.1 Å². The van der Waals surface area contributed by atoms with Crippen molar-refractivity contribution in [3.8, 4) is 5.75 Å². The number of hydrogen-bond donors (Lipinski definition) is 1. The molecule has 0 bridgehead atoms. The summed E-state index contributed by atoms with van der Waals surface area (Å²) in [7, 11) is 0. The van der Waals surface area contributed by atoms with Crippen LogP contribution in [0.25, 0.3) is 0 Å². The lowest BCUT2D eigenvalue weighted by molar-refractivity contribution is 0.192. The van der Waals surface area contributed by atoms with Crippen LogP contribution in [0.2, 0.25) is 0 Å². The summed E-state index contributed by atoms with van der Waals surface area (Å²) in [5.74, 6) is 0.610. The van der Waals surface area contributed by atoms with Gasteiger partial charge in [-0.05, 0) is 37.5 Å². The zero-order chi connectivity index (χ0) is 12.1. The van der Waals surface area contributed by atoms with E-state index in [0.717, 1.165) is 18.4 Å². The van der Waals surface area contributed by atoms with E-state index < -0.39 is 0 Å². The van der Waals surface area contributed by atoms with Gasteiger partial charge in [0.1, 0.15) is 5.75 Å². The predicted molar refractivity (Wildman–Crippen MR) is 67.2 cm³/mol. The van der Waals surface area contributed by atoms with Crippen molar-refractivity contribution in [3.63, 3.8) is 0 Å². The van der Waals surface area contributed by atoms with Gasteiger partial charge in [-0.1, -0.05) is 31.4 Å². The highest BCUT2D eigenvalue weighted by molar-refractivity contribution is 5.70. The Morgan fingerprint density at radius 3 is 2.76 bits per heavy atom. The second kappa shape index (κ2) is 5.71. The molecule has 1 fully saturated rings. The molecule has 0 aromatic heterocycles. The molecule has 3 nitrogen and oxygen atoms in total. The molecule has 1 amide bonds. The van der Waals surface area contributed by atoms with E-state index in [0.29, 0.717) is 11.8 Å². The fourth-order valence-electron chi connectivity index (χ4n) is 2.23. The number of rotatable bonds is 2. The molecule has 1 aliphatic rings. The first-order valence-electron chi connectivity index (χ1n) is 6.29. The fraction of sp³-hybridized carbons (Fsp3) is 0.500. The van der Waals surface area contributed by atoms with Gasteiger partial charge in [0.05, 0.1) is 0 Å². The lowest BCUT2D eigenvalue weighted by atomic mass is 9.96. The van der Waals surface area contributed by atoms with Crippen LogP contribution >= 0.6 is 0 Å². The monoisotopic (exact) mass is 233 g/mol. The molecule has 2 rings (SSSR count). The van der Waals surface area contributed by atoms with Gasteiger partial charge in [-0.2, -0.15) is 0 Å². The number of hydrogen-bond acceptors (Lipinski definition) is 2. The van der Waals surface area contributed by atoms with E-state index in [4.69, 9.17) is 4.74 Å². The molecule has 0 atom stereocenters. The van der Waals surface area contributed by atoms with Gasteiger partial charge in [-0.3, -0.25) is 0 Å².